The molecule has 3 nitrogen and oxygen atoms in total. The molecule has 1 rings (SSSR count). The molecule has 0 heterocycles. The topological polar surface area (TPSA) is 49.7 Å². The van der Waals surface area contributed by atoms with Crippen LogP contribution in [0.4, 0.5) is 0 Å². The van der Waals surface area contributed by atoms with E-state index in [1.165, 1.54) is 0 Å². The molecule has 13 heavy (non-hydrogen) atoms. The minimum Gasteiger partial charge on any atom is -0.491 e. The minimum atomic E-state index is -0.488. The number of rotatable bonds is 4. The van der Waals surface area contributed by atoms with Gasteiger partial charge in [0.1, 0.15) is 12.4 Å². The summed E-state index contributed by atoms with van der Waals surface area (Å²) in [6.07, 6.45) is -0.488. The molecule has 0 spiro atoms. The van der Waals surface area contributed by atoms with Crippen LogP contribution < -0.4 is 4.74 Å². The SMILES string of the molecule is CC(O)c1cccc(OCCO)c1. The van der Waals surface area contributed by atoms with Crippen LogP contribution in [0.3, 0.4) is 0 Å². The summed E-state index contributed by atoms with van der Waals surface area (Å²) in [5, 5.41) is 17.8. The van der Waals surface area contributed by atoms with E-state index in [1.54, 1.807) is 19.1 Å². The van der Waals surface area contributed by atoms with Gasteiger partial charge in [-0.25, -0.2) is 0 Å². The second-order valence-electron chi connectivity index (χ2n) is 2.82. The smallest absolute Gasteiger partial charge is 0.119 e. The van der Waals surface area contributed by atoms with E-state index in [4.69, 9.17) is 9.84 Å². The molecule has 1 atom stereocenters. The Morgan fingerprint density at radius 3 is 2.85 bits per heavy atom. The van der Waals surface area contributed by atoms with Gasteiger partial charge in [0.25, 0.3) is 0 Å². The summed E-state index contributed by atoms with van der Waals surface area (Å²) in [6.45, 7) is 1.98. The maximum atomic E-state index is 9.27. The lowest BCUT2D eigenvalue weighted by atomic mass is 10.1. The summed E-state index contributed by atoms with van der Waals surface area (Å²) in [5.74, 6) is 0.674. The molecule has 0 aliphatic rings. The van der Waals surface area contributed by atoms with Crippen LogP contribution >= 0.6 is 0 Å². The zero-order chi connectivity index (χ0) is 9.68. The number of hydrogen-bond donors (Lipinski definition) is 2. The second-order valence-corrected chi connectivity index (χ2v) is 2.82. The number of benzene rings is 1. The molecule has 0 radical (unpaired) electrons. The van der Waals surface area contributed by atoms with Crippen molar-refractivity contribution in [3.63, 3.8) is 0 Å². The van der Waals surface area contributed by atoms with E-state index in [1.807, 2.05) is 12.1 Å². The lowest BCUT2D eigenvalue weighted by Gasteiger charge is -2.08. The van der Waals surface area contributed by atoms with Crippen LogP contribution in [0.1, 0.15) is 18.6 Å². The highest BCUT2D eigenvalue weighted by Crippen LogP contribution is 2.18. The van der Waals surface area contributed by atoms with Gasteiger partial charge in [0, 0.05) is 0 Å². The van der Waals surface area contributed by atoms with Gasteiger partial charge in [0.2, 0.25) is 0 Å². The molecule has 72 valence electrons. The van der Waals surface area contributed by atoms with Crippen LogP contribution in [0, 0.1) is 0 Å². The average Bonchev–Trinajstić information content (AvgIpc) is 2.15. The van der Waals surface area contributed by atoms with Crippen molar-refractivity contribution >= 4 is 0 Å². The van der Waals surface area contributed by atoms with Crippen molar-refractivity contribution in [1.82, 2.24) is 0 Å². The number of aliphatic hydroxyl groups is 2. The quantitative estimate of drug-likeness (QED) is 0.733. The van der Waals surface area contributed by atoms with Crippen molar-refractivity contribution in [3.05, 3.63) is 29.8 Å². The van der Waals surface area contributed by atoms with Gasteiger partial charge in [0.15, 0.2) is 0 Å². The Morgan fingerprint density at radius 2 is 2.23 bits per heavy atom. The Balaban J connectivity index is 2.68. The van der Waals surface area contributed by atoms with Crippen molar-refractivity contribution in [2.45, 2.75) is 13.0 Å². The molecule has 0 saturated heterocycles. The number of ether oxygens (including phenoxy) is 1. The molecule has 0 saturated carbocycles. The van der Waals surface area contributed by atoms with E-state index >= 15 is 0 Å². The summed E-state index contributed by atoms with van der Waals surface area (Å²) in [6, 6.07) is 7.20. The first-order valence-electron chi connectivity index (χ1n) is 4.25. The van der Waals surface area contributed by atoms with Crippen molar-refractivity contribution in [1.29, 1.82) is 0 Å². The molecule has 2 N–H and O–H groups in total. The lowest BCUT2D eigenvalue weighted by molar-refractivity contribution is 0.193. The van der Waals surface area contributed by atoms with Gasteiger partial charge >= 0.3 is 0 Å². The Bertz CT molecular complexity index is 258. The van der Waals surface area contributed by atoms with Crippen molar-refractivity contribution in [2.24, 2.45) is 0 Å². The fraction of sp³-hybridized carbons (Fsp3) is 0.400. The average molecular weight is 182 g/mol. The highest BCUT2D eigenvalue weighted by Gasteiger charge is 2.01. The van der Waals surface area contributed by atoms with Gasteiger partial charge < -0.3 is 14.9 Å². The Morgan fingerprint density at radius 1 is 1.46 bits per heavy atom. The summed E-state index contributed by atoms with van der Waals surface area (Å²) in [5.41, 5.74) is 0.815. The molecule has 1 aromatic rings. The van der Waals surface area contributed by atoms with E-state index in [0.717, 1.165) is 5.56 Å². The molecule has 0 bridgehead atoms. The summed E-state index contributed by atoms with van der Waals surface area (Å²) in [7, 11) is 0. The first kappa shape index (κ1) is 10.0. The van der Waals surface area contributed by atoms with E-state index in [9.17, 15) is 5.11 Å². The molecule has 3 heteroatoms. The molecular weight excluding hydrogens is 168 g/mol. The van der Waals surface area contributed by atoms with Crippen molar-refractivity contribution < 1.29 is 14.9 Å². The fourth-order valence-electron chi connectivity index (χ4n) is 1.03. The van der Waals surface area contributed by atoms with Gasteiger partial charge in [-0.2, -0.15) is 0 Å². The maximum Gasteiger partial charge on any atom is 0.119 e. The Hall–Kier alpha value is -1.06. The summed E-state index contributed by atoms with van der Waals surface area (Å²) >= 11 is 0. The molecular formula is C10H14O3. The second kappa shape index (κ2) is 4.84. The Labute approximate surface area is 77.6 Å². The monoisotopic (exact) mass is 182 g/mol. The standard InChI is InChI=1S/C10H14O3/c1-8(12)9-3-2-4-10(7-9)13-6-5-11/h2-4,7-8,11-12H,5-6H2,1H3. The zero-order valence-corrected chi connectivity index (χ0v) is 7.60. The molecule has 1 aromatic carbocycles. The van der Waals surface area contributed by atoms with Gasteiger partial charge in [-0.3, -0.25) is 0 Å². The van der Waals surface area contributed by atoms with Crippen molar-refractivity contribution in [2.75, 3.05) is 13.2 Å². The van der Waals surface area contributed by atoms with E-state index < -0.39 is 6.10 Å². The highest BCUT2D eigenvalue weighted by molar-refractivity contribution is 5.29. The van der Waals surface area contributed by atoms with Crippen LogP contribution in [-0.4, -0.2) is 23.4 Å². The van der Waals surface area contributed by atoms with Gasteiger partial charge in [-0.1, -0.05) is 12.1 Å². The molecule has 0 aromatic heterocycles. The van der Waals surface area contributed by atoms with Gasteiger partial charge in [-0.15, -0.1) is 0 Å². The predicted octanol–water partition coefficient (Wildman–Crippen LogP) is 1.11. The predicted molar refractivity (Wildman–Crippen MR) is 49.7 cm³/mol. The fourth-order valence-corrected chi connectivity index (χ4v) is 1.03. The van der Waals surface area contributed by atoms with Crippen molar-refractivity contribution in [3.8, 4) is 5.75 Å². The van der Waals surface area contributed by atoms with Crippen LogP contribution in [0.5, 0.6) is 5.75 Å². The van der Waals surface area contributed by atoms with Gasteiger partial charge in [0.05, 0.1) is 12.7 Å². The molecule has 0 fully saturated rings. The van der Waals surface area contributed by atoms with Crippen LogP contribution in [-0.2, 0) is 0 Å². The third-order valence-corrected chi connectivity index (χ3v) is 1.70. The minimum absolute atomic E-state index is 0.00109. The summed E-state index contributed by atoms with van der Waals surface area (Å²) < 4.78 is 5.18. The van der Waals surface area contributed by atoms with Crippen LogP contribution in [0.25, 0.3) is 0 Å². The Kier molecular flexibility index (Phi) is 3.73. The first-order valence-corrected chi connectivity index (χ1v) is 4.25. The molecule has 0 aliphatic carbocycles. The highest BCUT2D eigenvalue weighted by atomic mass is 16.5. The normalized spacial score (nSPS) is 12.5. The number of hydrogen-bond acceptors (Lipinski definition) is 3. The third kappa shape index (κ3) is 3.05. The lowest BCUT2D eigenvalue weighted by Crippen LogP contribution is -2.02. The first-order chi connectivity index (χ1) is 6.24. The summed E-state index contributed by atoms with van der Waals surface area (Å²) in [4.78, 5) is 0. The number of aliphatic hydroxyl groups excluding tert-OH is 2. The van der Waals surface area contributed by atoms with Gasteiger partial charge in [-0.05, 0) is 24.6 Å². The van der Waals surface area contributed by atoms with E-state index in [-0.39, 0.29) is 13.2 Å². The van der Waals surface area contributed by atoms with E-state index in [0.29, 0.717) is 5.75 Å². The maximum absolute atomic E-state index is 9.27. The third-order valence-electron chi connectivity index (χ3n) is 1.70. The van der Waals surface area contributed by atoms with Crippen LogP contribution in [0.2, 0.25) is 0 Å². The largest absolute Gasteiger partial charge is 0.491 e. The molecule has 0 amide bonds. The molecule has 1 unspecified atom stereocenters. The van der Waals surface area contributed by atoms with Crippen LogP contribution in [0.15, 0.2) is 24.3 Å². The molecule has 0 aliphatic heterocycles. The zero-order valence-electron chi connectivity index (χ0n) is 7.60. The van der Waals surface area contributed by atoms with E-state index in [2.05, 4.69) is 0 Å².